The number of thiocarbonyl (C=S) groups is 1. The van der Waals surface area contributed by atoms with E-state index in [1.54, 1.807) is 0 Å². The van der Waals surface area contributed by atoms with Crippen LogP contribution in [0.15, 0.2) is 18.2 Å². The van der Waals surface area contributed by atoms with Crippen molar-refractivity contribution in [3.05, 3.63) is 23.8 Å². The van der Waals surface area contributed by atoms with Gasteiger partial charge in [0.1, 0.15) is 5.75 Å². The van der Waals surface area contributed by atoms with Gasteiger partial charge in [-0.05, 0) is 30.4 Å². The van der Waals surface area contributed by atoms with E-state index >= 15 is 0 Å². The average Bonchev–Trinajstić information content (AvgIpc) is 2.19. The van der Waals surface area contributed by atoms with E-state index < -0.39 is 5.97 Å². The zero-order chi connectivity index (χ0) is 11.4. The van der Waals surface area contributed by atoms with Gasteiger partial charge in [-0.2, -0.15) is 0 Å². The van der Waals surface area contributed by atoms with Crippen molar-refractivity contribution < 1.29 is 14.6 Å². The molecule has 0 fully saturated rings. The number of phenolic OH excluding ortho intramolecular Hbond substituents is 1. The number of anilines is 1. The SMILES string of the molecule is COC(=O)c1ccc(O)c(NC(N)=S)c1. The normalized spacial score (nSPS) is 9.40. The largest absolute Gasteiger partial charge is 0.506 e. The Labute approximate surface area is 91.8 Å². The Morgan fingerprint density at radius 3 is 2.80 bits per heavy atom. The summed E-state index contributed by atoms with van der Waals surface area (Å²) in [5.74, 6) is -0.545. The average molecular weight is 226 g/mol. The minimum Gasteiger partial charge on any atom is -0.506 e. The fraction of sp³-hybridized carbons (Fsp3) is 0.111. The molecule has 0 radical (unpaired) electrons. The van der Waals surface area contributed by atoms with Crippen molar-refractivity contribution in [3.8, 4) is 5.75 Å². The number of phenols is 1. The van der Waals surface area contributed by atoms with E-state index in [9.17, 15) is 9.90 Å². The maximum absolute atomic E-state index is 11.2. The molecular formula is C9H10N2O3S. The van der Waals surface area contributed by atoms with Gasteiger partial charge in [0.05, 0.1) is 18.4 Å². The lowest BCUT2D eigenvalue weighted by atomic mass is 10.2. The first-order chi connectivity index (χ1) is 7.04. The second kappa shape index (κ2) is 4.61. The molecule has 4 N–H and O–H groups in total. The molecule has 0 bridgehead atoms. The van der Waals surface area contributed by atoms with Crippen molar-refractivity contribution in [1.29, 1.82) is 0 Å². The molecule has 0 aromatic heterocycles. The number of nitrogens with two attached hydrogens (primary N) is 1. The Kier molecular flexibility index (Phi) is 3.46. The lowest BCUT2D eigenvalue weighted by Gasteiger charge is -2.07. The Morgan fingerprint density at radius 2 is 2.27 bits per heavy atom. The number of carbonyl (C=O) groups is 1. The molecule has 0 spiro atoms. The Bertz CT molecular complexity index is 406. The monoisotopic (exact) mass is 226 g/mol. The van der Waals surface area contributed by atoms with Crippen LogP contribution in [-0.2, 0) is 4.74 Å². The van der Waals surface area contributed by atoms with Gasteiger partial charge in [0.15, 0.2) is 5.11 Å². The maximum Gasteiger partial charge on any atom is 0.337 e. The van der Waals surface area contributed by atoms with Gasteiger partial charge in [-0.1, -0.05) is 0 Å². The van der Waals surface area contributed by atoms with Crippen LogP contribution in [0.2, 0.25) is 0 Å². The van der Waals surface area contributed by atoms with E-state index in [1.807, 2.05) is 0 Å². The third kappa shape index (κ3) is 2.81. The van der Waals surface area contributed by atoms with Gasteiger partial charge in [-0.15, -0.1) is 0 Å². The number of benzene rings is 1. The highest BCUT2D eigenvalue weighted by Crippen LogP contribution is 2.24. The summed E-state index contributed by atoms with van der Waals surface area (Å²) in [5.41, 5.74) is 5.81. The molecule has 1 rings (SSSR count). The summed E-state index contributed by atoms with van der Waals surface area (Å²) in [5, 5.41) is 12.0. The standard InChI is InChI=1S/C9H10N2O3S/c1-14-8(13)5-2-3-7(12)6(4-5)11-9(10)15/h2-4,12H,1H3,(H3,10,11,15). The predicted molar refractivity (Wildman–Crippen MR) is 59.9 cm³/mol. The van der Waals surface area contributed by atoms with Crippen molar-refractivity contribution in [2.75, 3.05) is 12.4 Å². The van der Waals surface area contributed by atoms with Crippen molar-refractivity contribution in [1.82, 2.24) is 0 Å². The van der Waals surface area contributed by atoms with E-state index in [2.05, 4.69) is 22.3 Å². The first-order valence-electron chi connectivity index (χ1n) is 4.02. The van der Waals surface area contributed by atoms with E-state index in [-0.39, 0.29) is 16.5 Å². The topological polar surface area (TPSA) is 84.6 Å². The first-order valence-corrected chi connectivity index (χ1v) is 4.43. The predicted octanol–water partition coefficient (Wildman–Crippen LogP) is 0.834. The summed E-state index contributed by atoms with van der Waals surface area (Å²) in [6.07, 6.45) is 0. The van der Waals surface area contributed by atoms with Gasteiger partial charge in [-0.3, -0.25) is 0 Å². The van der Waals surface area contributed by atoms with Gasteiger partial charge in [0, 0.05) is 0 Å². The van der Waals surface area contributed by atoms with Crippen molar-refractivity contribution >= 4 is 29.0 Å². The number of methoxy groups -OCH3 is 1. The van der Waals surface area contributed by atoms with Crippen LogP contribution < -0.4 is 11.1 Å². The van der Waals surface area contributed by atoms with E-state index in [0.29, 0.717) is 5.56 Å². The fourth-order valence-electron chi connectivity index (χ4n) is 1.01. The number of hydrogen-bond donors (Lipinski definition) is 3. The molecule has 80 valence electrons. The van der Waals surface area contributed by atoms with Crippen LogP contribution >= 0.6 is 12.2 Å². The Balaban J connectivity index is 3.05. The minimum atomic E-state index is -0.499. The van der Waals surface area contributed by atoms with E-state index in [4.69, 9.17) is 5.73 Å². The number of hydrogen-bond acceptors (Lipinski definition) is 4. The van der Waals surface area contributed by atoms with Gasteiger partial charge in [-0.25, -0.2) is 4.79 Å². The zero-order valence-electron chi connectivity index (χ0n) is 7.98. The van der Waals surface area contributed by atoms with Crippen molar-refractivity contribution in [2.24, 2.45) is 5.73 Å². The summed E-state index contributed by atoms with van der Waals surface area (Å²) in [6, 6.07) is 4.19. The van der Waals surface area contributed by atoms with Gasteiger partial charge < -0.3 is 20.9 Å². The zero-order valence-corrected chi connectivity index (χ0v) is 8.80. The molecule has 0 saturated carbocycles. The molecule has 15 heavy (non-hydrogen) atoms. The highest BCUT2D eigenvalue weighted by atomic mass is 32.1. The fourth-order valence-corrected chi connectivity index (χ4v) is 1.12. The number of nitrogens with one attached hydrogen (secondary N) is 1. The van der Waals surface area contributed by atoms with Crippen LogP contribution in [-0.4, -0.2) is 23.3 Å². The highest BCUT2D eigenvalue weighted by Gasteiger charge is 2.09. The summed E-state index contributed by atoms with van der Waals surface area (Å²) in [4.78, 5) is 11.2. The molecule has 5 nitrogen and oxygen atoms in total. The number of esters is 1. The lowest BCUT2D eigenvalue weighted by Crippen LogP contribution is -2.19. The molecule has 0 aliphatic carbocycles. The van der Waals surface area contributed by atoms with Crippen LogP contribution in [0.5, 0.6) is 5.75 Å². The second-order valence-corrected chi connectivity index (χ2v) is 3.15. The molecule has 0 atom stereocenters. The van der Waals surface area contributed by atoms with Crippen molar-refractivity contribution in [3.63, 3.8) is 0 Å². The van der Waals surface area contributed by atoms with Crippen LogP contribution in [0.4, 0.5) is 5.69 Å². The molecular weight excluding hydrogens is 216 g/mol. The molecule has 0 aliphatic heterocycles. The Morgan fingerprint density at radius 1 is 1.60 bits per heavy atom. The van der Waals surface area contributed by atoms with Gasteiger partial charge in [0.2, 0.25) is 0 Å². The van der Waals surface area contributed by atoms with Crippen LogP contribution in [0.1, 0.15) is 10.4 Å². The second-order valence-electron chi connectivity index (χ2n) is 2.71. The number of aromatic hydroxyl groups is 1. The summed E-state index contributed by atoms with van der Waals surface area (Å²) >= 11 is 4.61. The lowest BCUT2D eigenvalue weighted by molar-refractivity contribution is 0.0601. The number of carbonyl (C=O) groups excluding carboxylic acids is 1. The first kappa shape index (κ1) is 11.3. The van der Waals surface area contributed by atoms with Gasteiger partial charge >= 0.3 is 5.97 Å². The number of rotatable bonds is 2. The molecule has 6 heteroatoms. The summed E-state index contributed by atoms with van der Waals surface area (Å²) < 4.78 is 4.52. The molecule has 0 saturated heterocycles. The third-order valence-corrected chi connectivity index (χ3v) is 1.78. The number of ether oxygens (including phenoxy) is 1. The molecule has 1 aromatic rings. The van der Waals surface area contributed by atoms with E-state index in [1.165, 1.54) is 25.3 Å². The molecule has 0 heterocycles. The highest BCUT2D eigenvalue weighted by molar-refractivity contribution is 7.80. The van der Waals surface area contributed by atoms with E-state index in [0.717, 1.165) is 0 Å². The van der Waals surface area contributed by atoms with Crippen LogP contribution in [0.3, 0.4) is 0 Å². The minimum absolute atomic E-state index is 0.00677. The molecule has 0 amide bonds. The summed E-state index contributed by atoms with van der Waals surface area (Å²) in [6.45, 7) is 0. The third-order valence-electron chi connectivity index (χ3n) is 1.68. The molecule has 0 unspecified atom stereocenters. The molecule has 1 aromatic carbocycles. The maximum atomic E-state index is 11.2. The van der Waals surface area contributed by atoms with Crippen LogP contribution in [0.25, 0.3) is 0 Å². The van der Waals surface area contributed by atoms with Crippen LogP contribution in [0, 0.1) is 0 Å². The van der Waals surface area contributed by atoms with Crippen molar-refractivity contribution in [2.45, 2.75) is 0 Å². The van der Waals surface area contributed by atoms with Gasteiger partial charge in [0.25, 0.3) is 0 Å². The Hall–Kier alpha value is -1.82. The summed E-state index contributed by atoms with van der Waals surface area (Å²) in [7, 11) is 1.27. The molecule has 0 aliphatic rings. The smallest absolute Gasteiger partial charge is 0.337 e. The quantitative estimate of drug-likeness (QED) is 0.393.